The molecule has 0 bridgehead atoms. The van der Waals surface area contributed by atoms with E-state index in [-0.39, 0.29) is 10.7 Å². The Balaban J connectivity index is 2.25. The molecule has 1 unspecified atom stereocenters. The molecule has 19 heavy (non-hydrogen) atoms. The van der Waals surface area contributed by atoms with Gasteiger partial charge in [-0.1, -0.05) is 12.1 Å². The van der Waals surface area contributed by atoms with E-state index in [0.29, 0.717) is 5.56 Å². The van der Waals surface area contributed by atoms with Crippen LogP contribution in [0, 0.1) is 0 Å². The van der Waals surface area contributed by atoms with E-state index in [1.165, 1.54) is 24.4 Å². The van der Waals surface area contributed by atoms with E-state index in [0.717, 1.165) is 0 Å². The monoisotopic (exact) mass is 279 g/mol. The molecule has 1 aromatic carbocycles. The summed E-state index contributed by atoms with van der Waals surface area (Å²) in [5.74, 6) is 0.155. The third-order valence-electron chi connectivity index (χ3n) is 2.48. The zero-order chi connectivity index (χ0) is 13.9. The molecule has 2 N–H and O–H groups in total. The Bertz CT molecular complexity index is 640. The van der Waals surface area contributed by atoms with Crippen molar-refractivity contribution >= 4 is 15.8 Å². The Labute approximate surface area is 111 Å². The van der Waals surface area contributed by atoms with Crippen LogP contribution in [0.25, 0.3) is 0 Å². The van der Waals surface area contributed by atoms with Crippen molar-refractivity contribution in [3.05, 3.63) is 48.2 Å². The van der Waals surface area contributed by atoms with Crippen molar-refractivity contribution in [1.29, 1.82) is 0 Å². The van der Waals surface area contributed by atoms with Gasteiger partial charge in [0, 0.05) is 6.20 Å². The van der Waals surface area contributed by atoms with Gasteiger partial charge in [0.25, 0.3) is 10.0 Å². The molecule has 0 aliphatic carbocycles. The van der Waals surface area contributed by atoms with Crippen LogP contribution in [0.3, 0.4) is 0 Å². The van der Waals surface area contributed by atoms with Crippen molar-refractivity contribution in [2.45, 2.75) is 17.9 Å². The normalized spacial score (nSPS) is 12.9. The Morgan fingerprint density at radius 3 is 2.42 bits per heavy atom. The van der Waals surface area contributed by atoms with Crippen LogP contribution >= 0.6 is 0 Å². The number of sulfonamides is 1. The van der Waals surface area contributed by atoms with Crippen LogP contribution in [-0.2, 0) is 10.0 Å². The molecule has 0 radical (unpaired) electrons. The number of nitrogens with one attached hydrogen (secondary N) is 1. The number of aliphatic hydroxyl groups excluding tert-OH is 1. The summed E-state index contributed by atoms with van der Waals surface area (Å²) >= 11 is 0. The van der Waals surface area contributed by atoms with E-state index < -0.39 is 16.1 Å². The number of rotatable bonds is 4. The summed E-state index contributed by atoms with van der Waals surface area (Å²) in [7, 11) is -3.69. The van der Waals surface area contributed by atoms with Crippen molar-refractivity contribution in [1.82, 2.24) is 10.2 Å². The fourth-order valence-corrected chi connectivity index (χ4v) is 2.47. The van der Waals surface area contributed by atoms with Crippen molar-refractivity contribution in [3.8, 4) is 0 Å². The zero-order valence-corrected chi connectivity index (χ0v) is 11.0. The first-order valence-corrected chi connectivity index (χ1v) is 7.06. The molecule has 0 saturated heterocycles. The van der Waals surface area contributed by atoms with Gasteiger partial charge < -0.3 is 5.11 Å². The first-order valence-electron chi connectivity index (χ1n) is 5.57. The van der Waals surface area contributed by atoms with E-state index in [4.69, 9.17) is 0 Å². The summed E-state index contributed by atoms with van der Waals surface area (Å²) < 4.78 is 26.4. The maximum Gasteiger partial charge on any atom is 0.263 e. The van der Waals surface area contributed by atoms with Crippen LogP contribution in [0.15, 0.2) is 47.5 Å². The lowest BCUT2D eigenvalue weighted by Gasteiger charge is -2.08. The van der Waals surface area contributed by atoms with Crippen molar-refractivity contribution in [3.63, 3.8) is 0 Å². The maximum absolute atomic E-state index is 12.0. The molecule has 6 nitrogen and oxygen atoms in total. The molecule has 2 rings (SSSR count). The highest BCUT2D eigenvalue weighted by atomic mass is 32.2. The lowest BCUT2D eigenvalue weighted by molar-refractivity contribution is 0.199. The molecule has 0 aliphatic heterocycles. The minimum atomic E-state index is -3.69. The molecular weight excluding hydrogens is 266 g/mol. The molecule has 1 aromatic heterocycles. The molecule has 1 atom stereocenters. The van der Waals surface area contributed by atoms with E-state index in [9.17, 15) is 13.5 Å². The fraction of sp³-hybridized carbons (Fsp3) is 0.167. The molecular formula is C12H13N3O3S. The average molecular weight is 279 g/mol. The number of hydrogen-bond donors (Lipinski definition) is 2. The standard InChI is InChI=1S/C12H13N3O3S/c1-9(16)10-4-6-11(7-5-10)19(17,18)15-12-3-2-8-13-14-12/h2-9,16H,1H3,(H,14,15). The predicted molar refractivity (Wildman–Crippen MR) is 69.9 cm³/mol. The molecule has 1 heterocycles. The molecule has 7 heteroatoms. The Kier molecular flexibility index (Phi) is 3.77. The van der Waals surface area contributed by atoms with E-state index in [1.807, 2.05) is 0 Å². The van der Waals surface area contributed by atoms with Crippen LogP contribution in [0.5, 0.6) is 0 Å². The van der Waals surface area contributed by atoms with E-state index >= 15 is 0 Å². The maximum atomic E-state index is 12.0. The van der Waals surface area contributed by atoms with Crippen LogP contribution in [0.4, 0.5) is 5.82 Å². The Hall–Kier alpha value is -1.99. The summed E-state index contributed by atoms with van der Waals surface area (Å²) in [5.41, 5.74) is 0.651. The van der Waals surface area contributed by atoms with Crippen molar-refractivity contribution in [2.75, 3.05) is 4.72 Å². The second-order valence-corrected chi connectivity index (χ2v) is 5.64. The summed E-state index contributed by atoms with van der Waals surface area (Å²) in [6.07, 6.45) is 0.819. The highest BCUT2D eigenvalue weighted by Gasteiger charge is 2.15. The second kappa shape index (κ2) is 5.33. The van der Waals surface area contributed by atoms with Gasteiger partial charge in [-0.25, -0.2) is 8.42 Å². The molecule has 0 amide bonds. The van der Waals surface area contributed by atoms with Crippen molar-refractivity contribution < 1.29 is 13.5 Å². The van der Waals surface area contributed by atoms with Gasteiger partial charge in [-0.3, -0.25) is 4.72 Å². The van der Waals surface area contributed by atoms with E-state index in [1.54, 1.807) is 25.1 Å². The Morgan fingerprint density at radius 2 is 1.89 bits per heavy atom. The van der Waals surface area contributed by atoms with Gasteiger partial charge in [0.2, 0.25) is 0 Å². The first kappa shape index (κ1) is 13.4. The largest absolute Gasteiger partial charge is 0.389 e. The number of hydrogen-bond acceptors (Lipinski definition) is 5. The summed E-state index contributed by atoms with van der Waals surface area (Å²) in [6, 6.07) is 9.09. The average Bonchev–Trinajstić information content (AvgIpc) is 2.39. The van der Waals surface area contributed by atoms with E-state index in [2.05, 4.69) is 14.9 Å². The molecule has 0 saturated carbocycles. The van der Waals surface area contributed by atoms with Crippen LogP contribution in [0.2, 0.25) is 0 Å². The minimum absolute atomic E-state index is 0.0996. The lowest BCUT2D eigenvalue weighted by atomic mass is 10.1. The highest BCUT2D eigenvalue weighted by Crippen LogP contribution is 2.17. The molecule has 2 aromatic rings. The van der Waals surface area contributed by atoms with Crippen molar-refractivity contribution in [2.24, 2.45) is 0 Å². The van der Waals surface area contributed by atoms with Crippen LogP contribution < -0.4 is 4.72 Å². The molecule has 100 valence electrons. The predicted octanol–water partition coefficient (Wildman–Crippen LogP) is 1.33. The molecule has 0 aliphatic rings. The highest BCUT2D eigenvalue weighted by molar-refractivity contribution is 7.92. The van der Waals surface area contributed by atoms with Gasteiger partial charge in [0.05, 0.1) is 11.0 Å². The van der Waals surface area contributed by atoms with Gasteiger partial charge in [0.15, 0.2) is 5.82 Å². The third kappa shape index (κ3) is 3.27. The number of aliphatic hydroxyl groups is 1. The number of anilines is 1. The number of benzene rings is 1. The number of aromatic nitrogens is 2. The third-order valence-corrected chi connectivity index (χ3v) is 3.85. The summed E-state index contributed by atoms with van der Waals surface area (Å²) in [4.78, 5) is 0.0996. The summed E-state index contributed by atoms with van der Waals surface area (Å²) in [6.45, 7) is 1.61. The van der Waals surface area contributed by atoms with Gasteiger partial charge in [-0.15, -0.1) is 5.10 Å². The SMILES string of the molecule is CC(O)c1ccc(S(=O)(=O)Nc2cccnn2)cc1. The molecule has 0 fully saturated rings. The molecule has 0 spiro atoms. The van der Waals surface area contributed by atoms with Gasteiger partial charge in [-0.05, 0) is 36.8 Å². The number of nitrogens with zero attached hydrogens (tertiary/aromatic N) is 2. The smallest absolute Gasteiger partial charge is 0.263 e. The lowest BCUT2D eigenvalue weighted by Crippen LogP contribution is -2.14. The topological polar surface area (TPSA) is 92.2 Å². The van der Waals surface area contributed by atoms with Crippen LogP contribution in [0.1, 0.15) is 18.6 Å². The first-order chi connectivity index (χ1) is 8.99. The van der Waals surface area contributed by atoms with Gasteiger partial charge in [0.1, 0.15) is 0 Å². The zero-order valence-electron chi connectivity index (χ0n) is 10.2. The van der Waals surface area contributed by atoms with Crippen LogP contribution in [-0.4, -0.2) is 23.7 Å². The van der Waals surface area contributed by atoms with Gasteiger partial charge in [-0.2, -0.15) is 5.10 Å². The summed E-state index contributed by atoms with van der Waals surface area (Å²) in [5, 5.41) is 16.6. The quantitative estimate of drug-likeness (QED) is 0.880. The van der Waals surface area contributed by atoms with Gasteiger partial charge >= 0.3 is 0 Å². The fourth-order valence-electron chi connectivity index (χ4n) is 1.48. The second-order valence-electron chi connectivity index (χ2n) is 3.96. The Morgan fingerprint density at radius 1 is 1.21 bits per heavy atom. The minimum Gasteiger partial charge on any atom is -0.389 e.